The molecular formula is C12H13BrN2O3S. The van der Waals surface area contributed by atoms with E-state index in [0.29, 0.717) is 5.33 Å². The van der Waals surface area contributed by atoms with E-state index in [2.05, 4.69) is 15.9 Å². The second kappa shape index (κ2) is 6.01. The van der Waals surface area contributed by atoms with Crippen LogP contribution in [0.25, 0.3) is 0 Å². The Kier molecular flexibility index (Phi) is 4.58. The first kappa shape index (κ1) is 14.5. The molecule has 1 fully saturated rings. The van der Waals surface area contributed by atoms with Crippen LogP contribution in [0.2, 0.25) is 0 Å². The van der Waals surface area contributed by atoms with Gasteiger partial charge in [-0.25, -0.2) is 8.42 Å². The van der Waals surface area contributed by atoms with Crippen LogP contribution in [0, 0.1) is 11.3 Å². The monoisotopic (exact) mass is 344 g/mol. The van der Waals surface area contributed by atoms with Crippen molar-refractivity contribution < 1.29 is 13.2 Å². The van der Waals surface area contributed by atoms with Crippen LogP contribution >= 0.6 is 15.9 Å². The van der Waals surface area contributed by atoms with Gasteiger partial charge in [0.1, 0.15) is 0 Å². The molecular weight excluding hydrogens is 332 g/mol. The maximum Gasteiger partial charge on any atom is 0.243 e. The van der Waals surface area contributed by atoms with Gasteiger partial charge in [0.25, 0.3) is 0 Å². The van der Waals surface area contributed by atoms with Crippen LogP contribution in [-0.2, 0) is 20.1 Å². The molecule has 5 nitrogen and oxygen atoms in total. The summed E-state index contributed by atoms with van der Waals surface area (Å²) in [4.78, 5) is 0.246. The maximum absolute atomic E-state index is 12.4. The molecule has 0 saturated carbocycles. The first-order valence-electron chi connectivity index (χ1n) is 5.74. The van der Waals surface area contributed by atoms with Crippen molar-refractivity contribution in [2.75, 3.05) is 19.7 Å². The van der Waals surface area contributed by atoms with E-state index in [-0.39, 0.29) is 24.6 Å². The van der Waals surface area contributed by atoms with Crippen molar-refractivity contribution in [3.63, 3.8) is 0 Å². The summed E-state index contributed by atoms with van der Waals surface area (Å²) in [5, 5.41) is 9.49. The van der Waals surface area contributed by atoms with Crippen LogP contribution in [0.5, 0.6) is 0 Å². The standard InChI is InChI=1S/C12H13BrN2O3S/c13-7-10-1-3-12(4-2-10)19(16,17)15-5-6-18-11(8-14)9-15/h1-4,11H,5-7,9H2. The topological polar surface area (TPSA) is 70.4 Å². The van der Waals surface area contributed by atoms with Crippen molar-refractivity contribution in [1.29, 1.82) is 5.26 Å². The van der Waals surface area contributed by atoms with E-state index >= 15 is 0 Å². The number of nitrogens with zero attached hydrogens (tertiary/aromatic N) is 2. The third-order valence-electron chi connectivity index (χ3n) is 2.89. The SMILES string of the molecule is N#CC1CN(S(=O)(=O)c2ccc(CBr)cc2)CCO1. The Bertz CT molecular complexity index is 580. The molecule has 0 bridgehead atoms. The van der Waals surface area contributed by atoms with Gasteiger partial charge in [-0.15, -0.1) is 0 Å². The van der Waals surface area contributed by atoms with Gasteiger partial charge in [-0.05, 0) is 17.7 Å². The van der Waals surface area contributed by atoms with Crippen LogP contribution in [0.3, 0.4) is 0 Å². The predicted octanol–water partition coefficient (Wildman–Crippen LogP) is 1.49. The molecule has 1 aromatic carbocycles. The average Bonchev–Trinajstić information content (AvgIpc) is 2.47. The van der Waals surface area contributed by atoms with Gasteiger partial charge < -0.3 is 4.74 Å². The Morgan fingerprint density at radius 3 is 2.68 bits per heavy atom. The fourth-order valence-corrected chi connectivity index (χ4v) is 3.62. The molecule has 1 aliphatic heterocycles. The third-order valence-corrected chi connectivity index (χ3v) is 5.42. The lowest BCUT2D eigenvalue weighted by atomic mass is 10.2. The van der Waals surface area contributed by atoms with E-state index in [1.807, 2.05) is 6.07 Å². The number of benzene rings is 1. The lowest BCUT2D eigenvalue weighted by molar-refractivity contribution is 0.0311. The average molecular weight is 345 g/mol. The van der Waals surface area contributed by atoms with Gasteiger partial charge in [-0.1, -0.05) is 28.1 Å². The molecule has 0 spiro atoms. The largest absolute Gasteiger partial charge is 0.361 e. The Morgan fingerprint density at radius 1 is 1.42 bits per heavy atom. The number of halogens is 1. The van der Waals surface area contributed by atoms with Gasteiger partial charge in [0.15, 0.2) is 6.10 Å². The highest BCUT2D eigenvalue weighted by molar-refractivity contribution is 9.08. The lowest BCUT2D eigenvalue weighted by Gasteiger charge is -2.28. The van der Waals surface area contributed by atoms with Crippen molar-refractivity contribution in [3.8, 4) is 6.07 Å². The Balaban J connectivity index is 2.23. The Morgan fingerprint density at radius 2 is 2.11 bits per heavy atom. The predicted molar refractivity (Wildman–Crippen MR) is 73.2 cm³/mol. The number of hydrogen-bond acceptors (Lipinski definition) is 4. The zero-order valence-electron chi connectivity index (χ0n) is 10.1. The first-order chi connectivity index (χ1) is 9.07. The summed E-state index contributed by atoms with van der Waals surface area (Å²) < 4.78 is 31.2. The van der Waals surface area contributed by atoms with E-state index in [1.165, 1.54) is 4.31 Å². The quantitative estimate of drug-likeness (QED) is 0.779. The van der Waals surface area contributed by atoms with E-state index < -0.39 is 16.1 Å². The second-order valence-corrected chi connectivity index (χ2v) is 6.63. The fraction of sp³-hybridized carbons (Fsp3) is 0.417. The first-order valence-corrected chi connectivity index (χ1v) is 8.30. The molecule has 0 N–H and O–H groups in total. The van der Waals surface area contributed by atoms with Crippen molar-refractivity contribution in [1.82, 2.24) is 4.31 Å². The van der Waals surface area contributed by atoms with Crippen LogP contribution in [0.15, 0.2) is 29.2 Å². The van der Waals surface area contributed by atoms with Crippen LogP contribution in [0.1, 0.15) is 5.56 Å². The second-order valence-electron chi connectivity index (χ2n) is 4.13. The fourth-order valence-electron chi connectivity index (χ4n) is 1.82. The molecule has 1 aliphatic rings. The third kappa shape index (κ3) is 3.15. The van der Waals surface area contributed by atoms with Gasteiger partial charge in [-0.2, -0.15) is 9.57 Å². The van der Waals surface area contributed by atoms with E-state index in [0.717, 1.165) is 5.56 Å². The van der Waals surface area contributed by atoms with Gasteiger partial charge in [0.2, 0.25) is 10.0 Å². The molecule has 7 heteroatoms. The van der Waals surface area contributed by atoms with Crippen molar-refractivity contribution in [3.05, 3.63) is 29.8 Å². The Hall–Kier alpha value is -0.940. The summed E-state index contributed by atoms with van der Waals surface area (Å²) >= 11 is 3.31. The number of alkyl halides is 1. The summed E-state index contributed by atoms with van der Waals surface area (Å²) in [6, 6.07) is 8.65. The molecule has 1 heterocycles. The number of rotatable bonds is 3. The number of morpholine rings is 1. The smallest absolute Gasteiger partial charge is 0.243 e. The minimum atomic E-state index is -3.54. The molecule has 1 unspecified atom stereocenters. The number of sulfonamides is 1. The minimum Gasteiger partial charge on any atom is -0.361 e. The molecule has 19 heavy (non-hydrogen) atoms. The highest BCUT2D eigenvalue weighted by Gasteiger charge is 2.30. The molecule has 2 rings (SSSR count). The molecule has 1 aromatic rings. The summed E-state index contributed by atoms with van der Waals surface area (Å²) in [7, 11) is -3.54. The van der Waals surface area contributed by atoms with Crippen molar-refractivity contribution >= 4 is 26.0 Å². The number of nitriles is 1. The normalized spacial score (nSPS) is 20.9. The van der Waals surface area contributed by atoms with Crippen molar-refractivity contribution in [2.24, 2.45) is 0 Å². The molecule has 0 aromatic heterocycles. The van der Waals surface area contributed by atoms with Gasteiger partial charge in [0, 0.05) is 11.9 Å². The van der Waals surface area contributed by atoms with Crippen LogP contribution < -0.4 is 0 Å². The minimum absolute atomic E-state index is 0.0824. The highest BCUT2D eigenvalue weighted by atomic mass is 79.9. The van der Waals surface area contributed by atoms with E-state index in [9.17, 15) is 8.42 Å². The highest BCUT2D eigenvalue weighted by Crippen LogP contribution is 2.19. The number of hydrogen-bond donors (Lipinski definition) is 0. The van der Waals surface area contributed by atoms with Gasteiger partial charge in [0.05, 0.1) is 24.1 Å². The molecule has 0 amide bonds. The lowest BCUT2D eigenvalue weighted by Crippen LogP contribution is -2.44. The number of ether oxygens (including phenoxy) is 1. The summed E-state index contributed by atoms with van der Waals surface area (Å²) in [5.74, 6) is 0. The Labute approximate surface area is 121 Å². The van der Waals surface area contributed by atoms with E-state index in [1.54, 1.807) is 24.3 Å². The molecule has 1 atom stereocenters. The summed E-state index contributed by atoms with van der Waals surface area (Å²) in [6.07, 6.45) is -0.689. The van der Waals surface area contributed by atoms with Gasteiger partial charge >= 0.3 is 0 Å². The van der Waals surface area contributed by atoms with Crippen molar-refractivity contribution in [2.45, 2.75) is 16.3 Å². The summed E-state index contributed by atoms with van der Waals surface area (Å²) in [5.41, 5.74) is 1.01. The van der Waals surface area contributed by atoms with Crippen LogP contribution in [-0.4, -0.2) is 38.5 Å². The van der Waals surface area contributed by atoms with Crippen LogP contribution in [0.4, 0.5) is 0 Å². The molecule has 0 radical (unpaired) electrons. The summed E-state index contributed by atoms with van der Waals surface area (Å²) in [6.45, 7) is 0.608. The zero-order chi connectivity index (χ0) is 13.9. The zero-order valence-corrected chi connectivity index (χ0v) is 12.5. The maximum atomic E-state index is 12.4. The molecule has 1 saturated heterocycles. The van der Waals surface area contributed by atoms with E-state index in [4.69, 9.17) is 10.00 Å². The molecule has 0 aliphatic carbocycles. The molecule has 102 valence electrons. The van der Waals surface area contributed by atoms with Gasteiger partial charge in [-0.3, -0.25) is 0 Å².